The summed E-state index contributed by atoms with van der Waals surface area (Å²) in [6.45, 7) is 3.99. The zero-order valence-electron chi connectivity index (χ0n) is 12.6. The minimum atomic E-state index is 0.325. The van der Waals surface area contributed by atoms with E-state index in [0.717, 1.165) is 10.8 Å². The Morgan fingerprint density at radius 1 is 1.18 bits per heavy atom. The number of aryl methyl sites for hydroxylation is 1. The quantitative estimate of drug-likeness (QED) is 0.879. The van der Waals surface area contributed by atoms with Crippen molar-refractivity contribution in [3.05, 3.63) is 52.1 Å². The zero-order chi connectivity index (χ0) is 16.1. The van der Waals surface area contributed by atoms with Crippen molar-refractivity contribution in [2.45, 2.75) is 31.0 Å². The SMILES string of the molecule is CCc1c(C#N)c(N)[nH+]c(SCc2ccccc2C)c1C#N. The van der Waals surface area contributed by atoms with Gasteiger partial charge in [0.25, 0.3) is 5.82 Å². The predicted octanol–water partition coefficient (Wildman–Crippen LogP) is 2.99. The summed E-state index contributed by atoms with van der Waals surface area (Å²) in [5.74, 6) is 1.07. The maximum absolute atomic E-state index is 9.46. The number of nitrogens with two attached hydrogens (primary N) is 1. The summed E-state index contributed by atoms with van der Waals surface area (Å²) in [6, 6.07) is 12.4. The van der Waals surface area contributed by atoms with Crippen LogP contribution >= 0.6 is 11.8 Å². The van der Waals surface area contributed by atoms with Gasteiger partial charge >= 0.3 is 0 Å². The summed E-state index contributed by atoms with van der Waals surface area (Å²) in [5.41, 5.74) is 9.97. The van der Waals surface area contributed by atoms with Crippen LogP contribution in [0.4, 0.5) is 5.82 Å². The number of nitrogens with one attached hydrogen (secondary N) is 1. The topological polar surface area (TPSA) is 87.7 Å². The Bertz CT molecular complexity index is 784. The first-order chi connectivity index (χ1) is 10.6. The van der Waals surface area contributed by atoms with Gasteiger partial charge in [0.15, 0.2) is 5.03 Å². The first kappa shape index (κ1) is 15.9. The molecule has 0 spiro atoms. The Kier molecular flexibility index (Phi) is 5.04. The number of aromatic amines is 1. The number of thioether (sulfide) groups is 1. The molecule has 0 atom stereocenters. The number of benzene rings is 1. The Morgan fingerprint density at radius 3 is 2.45 bits per heavy atom. The Balaban J connectivity index is 2.40. The van der Waals surface area contributed by atoms with E-state index in [1.165, 1.54) is 22.9 Å². The molecule has 2 rings (SSSR count). The third-order valence-electron chi connectivity index (χ3n) is 3.56. The second-order valence-electron chi connectivity index (χ2n) is 4.89. The van der Waals surface area contributed by atoms with E-state index in [9.17, 15) is 10.5 Å². The molecule has 22 heavy (non-hydrogen) atoms. The molecule has 0 radical (unpaired) electrons. The summed E-state index contributed by atoms with van der Waals surface area (Å²) in [7, 11) is 0. The number of nitriles is 2. The highest BCUT2D eigenvalue weighted by Gasteiger charge is 2.21. The summed E-state index contributed by atoms with van der Waals surface area (Å²) in [5, 5.41) is 19.4. The number of anilines is 1. The largest absolute Gasteiger partial charge is 0.289 e. The van der Waals surface area contributed by atoms with Crippen LogP contribution in [0, 0.1) is 29.6 Å². The van der Waals surface area contributed by atoms with Crippen LogP contribution in [0.5, 0.6) is 0 Å². The van der Waals surface area contributed by atoms with Gasteiger partial charge in [-0.15, -0.1) is 0 Å². The molecule has 1 aromatic carbocycles. The first-order valence-corrected chi connectivity index (χ1v) is 7.96. The van der Waals surface area contributed by atoms with Gasteiger partial charge in [0.2, 0.25) is 0 Å². The number of aromatic nitrogens is 1. The normalized spacial score (nSPS) is 10.0. The molecule has 0 saturated carbocycles. The van der Waals surface area contributed by atoms with Crippen molar-refractivity contribution in [3.8, 4) is 12.1 Å². The first-order valence-electron chi connectivity index (χ1n) is 6.97. The number of pyridine rings is 1. The fourth-order valence-electron chi connectivity index (χ4n) is 2.30. The molecule has 2 aromatic rings. The number of nitrogens with zero attached hydrogens (tertiary/aromatic N) is 2. The number of hydrogen-bond acceptors (Lipinski definition) is 4. The van der Waals surface area contributed by atoms with E-state index >= 15 is 0 Å². The fourth-order valence-corrected chi connectivity index (χ4v) is 3.42. The Labute approximate surface area is 134 Å². The number of nitrogen functional groups attached to an aromatic ring is 1. The molecule has 0 bridgehead atoms. The highest BCUT2D eigenvalue weighted by Crippen LogP contribution is 2.28. The van der Waals surface area contributed by atoms with Gasteiger partial charge in [0.05, 0.1) is 0 Å². The van der Waals surface area contributed by atoms with Gasteiger partial charge in [-0.3, -0.25) is 5.73 Å². The van der Waals surface area contributed by atoms with E-state index in [2.05, 4.69) is 36.2 Å². The fraction of sp³-hybridized carbons (Fsp3) is 0.235. The van der Waals surface area contributed by atoms with Crippen LogP contribution in [0.3, 0.4) is 0 Å². The van der Waals surface area contributed by atoms with Gasteiger partial charge in [-0.05, 0) is 24.5 Å². The average Bonchev–Trinajstić information content (AvgIpc) is 2.53. The lowest BCUT2D eigenvalue weighted by Gasteiger charge is -2.09. The molecule has 4 nitrogen and oxygen atoms in total. The van der Waals surface area contributed by atoms with Crippen LogP contribution in [-0.2, 0) is 12.2 Å². The Hall–Kier alpha value is -2.50. The molecule has 0 saturated heterocycles. The molecule has 0 aliphatic carbocycles. The van der Waals surface area contributed by atoms with Crippen molar-refractivity contribution in [2.24, 2.45) is 0 Å². The molecule has 1 aromatic heterocycles. The van der Waals surface area contributed by atoms with E-state index in [-0.39, 0.29) is 0 Å². The standard InChI is InChI=1S/C17H16N4S/c1-3-13-14(8-18)16(20)21-17(15(13)9-19)22-10-12-7-5-4-6-11(12)2/h4-7H,3,10H2,1-2H3,(H2,20,21)/p+1. The van der Waals surface area contributed by atoms with Crippen molar-refractivity contribution in [1.82, 2.24) is 0 Å². The molecule has 110 valence electrons. The molecule has 5 heteroatoms. The molecule has 0 aliphatic rings. The maximum Gasteiger partial charge on any atom is 0.289 e. The lowest BCUT2D eigenvalue weighted by molar-refractivity contribution is -0.410. The van der Waals surface area contributed by atoms with Crippen LogP contribution in [-0.4, -0.2) is 0 Å². The monoisotopic (exact) mass is 309 g/mol. The van der Waals surface area contributed by atoms with E-state index in [0.29, 0.717) is 28.9 Å². The summed E-state index contributed by atoms with van der Waals surface area (Å²) in [4.78, 5) is 3.01. The smallest absolute Gasteiger partial charge is 0.286 e. The van der Waals surface area contributed by atoms with Gasteiger partial charge in [-0.1, -0.05) is 43.0 Å². The Morgan fingerprint density at radius 2 is 1.86 bits per heavy atom. The predicted molar refractivity (Wildman–Crippen MR) is 87.0 cm³/mol. The van der Waals surface area contributed by atoms with Crippen molar-refractivity contribution < 1.29 is 4.98 Å². The van der Waals surface area contributed by atoms with Crippen molar-refractivity contribution in [1.29, 1.82) is 10.5 Å². The van der Waals surface area contributed by atoms with Gasteiger partial charge in [-0.25, -0.2) is 4.98 Å². The third kappa shape index (κ3) is 3.05. The van der Waals surface area contributed by atoms with Gasteiger partial charge in [-0.2, -0.15) is 10.5 Å². The summed E-state index contributed by atoms with van der Waals surface area (Å²) < 4.78 is 0. The second-order valence-corrected chi connectivity index (χ2v) is 5.87. The van der Waals surface area contributed by atoms with Crippen LogP contribution in [0.25, 0.3) is 0 Å². The van der Waals surface area contributed by atoms with Crippen LogP contribution < -0.4 is 10.7 Å². The number of hydrogen-bond donors (Lipinski definition) is 1. The minimum absolute atomic E-state index is 0.325. The zero-order valence-corrected chi connectivity index (χ0v) is 13.4. The van der Waals surface area contributed by atoms with E-state index < -0.39 is 0 Å². The molecule has 0 fully saturated rings. The highest BCUT2D eigenvalue weighted by atomic mass is 32.2. The van der Waals surface area contributed by atoms with E-state index in [1.807, 2.05) is 19.1 Å². The van der Waals surface area contributed by atoms with Crippen molar-refractivity contribution in [3.63, 3.8) is 0 Å². The van der Waals surface area contributed by atoms with Crippen molar-refractivity contribution >= 4 is 17.6 Å². The minimum Gasteiger partial charge on any atom is -0.286 e. The second kappa shape index (κ2) is 6.98. The molecular formula is C17H17N4S+. The lowest BCUT2D eigenvalue weighted by atomic mass is 10.0. The van der Waals surface area contributed by atoms with Crippen LogP contribution in [0.1, 0.15) is 34.7 Å². The maximum atomic E-state index is 9.46. The van der Waals surface area contributed by atoms with Crippen LogP contribution in [0.15, 0.2) is 29.3 Å². The molecule has 0 aliphatic heterocycles. The molecule has 0 unspecified atom stereocenters. The molecular weight excluding hydrogens is 292 g/mol. The average molecular weight is 309 g/mol. The van der Waals surface area contributed by atoms with Gasteiger partial charge < -0.3 is 0 Å². The summed E-state index contributed by atoms with van der Waals surface area (Å²) in [6.07, 6.45) is 0.600. The lowest BCUT2D eigenvalue weighted by Crippen LogP contribution is -2.19. The number of H-pyrrole nitrogens is 1. The molecule has 1 heterocycles. The van der Waals surface area contributed by atoms with Crippen LogP contribution in [0.2, 0.25) is 0 Å². The van der Waals surface area contributed by atoms with E-state index in [1.54, 1.807) is 0 Å². The number of rotatable bonds is 4. The van der Waals surface area contributed by atoms with Gasteiger partial charge in [0.1, 0.15) is 23.3 Å². The van der Waals surface area contributed by atoms with E-state index in [4.69, 9.17) is 5.73 Å². The third-order valence-corrected chi connectivity index (χ3v) is 4.61. The van der Waals surface area contributed by atoms with Gasteiger partial charge in [0, 0.05) is 11.3 Å². The summed E-state index contributed by atoms with van der Waals surface area (Å²) >= 11 is 1.53. The molecule has 0 amide bonds. The van der Waals surface area contributed by atoms with Crippen molar-refractivity contribution in [2.75, 3.05) is 5.73 Å². The molecule has 3 N–H and O–H groups in total. The highest BCUT2D eigenvalue weighted by molar-refractivity contribution is 7.98.